The lowest BCUT2D eigenvalue weighted by Gasteiger charge is -2.15. The molecule has 2 aromatic heterocycles. The van der Waals surface area contributed by atoms with Crippen LogP contribution in [0.4, 0.5) is 0 Å². The molecule has 7 heteroatoms. The largest absolute Gasteiger partial charge is 0.349 e. The Morgan fingerprint density at radius 1 is 1.12 bits per heavy atom. The minimum atomic E-state index is -0.126. The van der Waals surface area contributed by atoms with Crippen LogP contribution in [0, 0.1) is 0 Å². The molecule has 1 aliphatic carbocycles. The summed E-state index contributed by atoms with van der Waals surface area (Å²) < 4.78 is 7.07. The average molecular weight is 335 g/mol. The van der Waals surface area contributed by atoms with Gasteiger partial charge in [0.1, 0.15) is 5.69 Å². The fourth-order valence-electron chi connectivity index (χ4n) is 3.56. The zero-order chi connectivity index (χ0) is 16.8. The van der Waals surface area contributed by atoms with E-state index >= 15 is 0 Å². The van der Waals surface area contributed by atoms with Gasteiger partial charge in [0.05, 0.1) is 6.54 Å². The van der Waals surface area contributed by atoms with Crippen molar-refractivity contribution in [2.75, 3.05) is 6.54 Å². The molecule has 7 nitrogen and oxygen atoms in total. The average Bonchev–Trinajstić information content (AvgIpc) is 3.29. The lowest BCUT2D eigenvalue weighted by Crippen LogP contribution is -2.35. The van der Waals surface area contributed by atoms with Crippen LogP contribution in [0.2, 0.25) is 0 Å². The third-order valence-corrected chi connectivity index (χ3v) is 4.87. The topological polar surface area (TPSA) is 85.8 Å². The van der Waals surface area contributed by atoms with Gasteiger partial charge in [-0.05, 0) is 42.9 Å². The van der Waals surface area contributed by atoms with Crippen molar-refractivity contribution in [3.63, 3.8) is 0 Å². The summed E-state index contributed by atoms with van der Waals surface area (Å²) >= 11 is 0. The quantitative estimate of drug-likeness (QED) is 0.776. The SMILES string of the molecule is O=C1NCCn2nc(-c3nc(-c4ccc5c(c4)CCCC5)no3)cc21. The first kappa shape index (κ1) is 14.4. The number of hydrogen-bond acceptors (Lipinski definition) is 5. The number of benzene rings is 1. The van der Waals surface area contributed by atoms with E-state index in [1.165, 1.54) is 24.0 Å². The maximum Gasteiger partial charge on any atom is 0.278 e. The maximum atomic E-state index is 11.9. The standard InChI is InChI=1S/C18H17N5O2/c24-17-15-10-14(21-23(15)8-7-19-17)18-20-16(22-25-18)13-6-5-11-3-1-2-4-12(11)9-13/h5-6,9-10H,1-4,7-8H2,(H,19,24). The molecule has 25 heavy (non-hydrogen) atoms. The summed E-state index contributed by atoms with van der Waals surface area (Å²) in [6.45, 7) is 1.23. The van der Waals surface area contributed by atoms with Crippen LogP contribution in [0.1, 0.15) is 34.5 Å². The number of amides is 1. The van der Waals surface area contributed by atoms with Crippen LogP contribution in [0.3, 0.4) is 0 Å². The molecule has 1 aromatic carbocycles. The lowest BCUT2D eigenvalue weighted by atomic mass is 9.90. The van der Waals surface area contributed by atoms with Crippen molar-refractivity contribution in [1.29, 1.82) is 0 Å². The zero-order valence-corrected chi connectivity index (χ0v) is 13.7. The Bertz CT molecular complexity index is 972. The number of carbonyl (C=O) groups excluding carboxylic acids is 1. The molecule has 2 aliphatic rings. The molecule has 1 amide bonds. The lowest BCUT2D eigenvalue weighted by molar-refractivity contribution is 0.0924. The molecule has 0 unspecified atom stereocenters. The number of hydrogen-bond donors (Lipinski definition) is 1. The Kier molecular flexibility index (Phi) is 3.19. The Morgan fingerprint density at radius 3 is 2.88 bits per heavy atom. The highest BCUT2D eigenvalue weighted by molar-refractivity contribution is 5.94. The Morgan fingerprint density at radius 2 is 2.00 bits per heavy atom. The molecule has 0 spiro atoms. The number of fused-ring (bicyclic) bond motifs is 2. The van der Waals surface area contributed by atoms with Crippen LogP contribution in [-0.4, -0.2) is 32.4 Å². The van der Waals surface area contributed by atoms with Gasteiger partial charge in [-0.1, -0.05) is 17.3 Å². The second-order valence-electron chi connectivity index (χ2n) is 6.51. The first-order valence-electron chi connectivity index (χ1n) is 8.60. The summed E-state index contributed by atoms with van der Waals surface area (Å²) in [5, 5.41) is 11.3. The van der Waals surface area contributed by atoms with Crippen LogP contribution >= 0.6 is 0 Å². The van der Waals surface area contributed by atoms with Crippen LogP contribution in [0.15, 0.2) is 28.8 Å². The molecule has 0 fully saturated rings. The van der Waals surface area contributed by atoms with E-state index in [0.29, 0.717) is 36.2 Å². The van der Waals surface area contributed by atoms with Crippen molar-refractivity contribution < 1.29 is 9.32 Å². The van der Waals surface area contributed by atoms with Crippen molar-refractivity contribution in [2.45, 2.75) is 32.2 Å². The van der Waals surface area contributed by atoms with E-state index in [1.54, 1.807) is 10.7 Å². The van der Waals surface area contributed by atoms with Crippen LogP contribution in [0.5, 0.6) is 0 Å². The second kappa shape index (κ2) is 5.54. The molecule has 1 N–H and O–H groups in total. The van der Waals surface area contributed by atoms with Crippen molar-refractivity contribution >= 4 is 5.91 Å². The molecule has 3 aromatic rings. The van der Waals surface area contributed by atoms with Crippen molar-refractivity contribution in [2.24, 2.45) is 0 Å². The number of aryl methyl sites for hydroxylation is 2. The minimum Gasteiger partial charge on any atom is -0.349 e. The van der Waals surface area contributed by atoms with E-state index < -0.39 is 0 Å². The Labute approximate surface area is 144 Å². The van der Waals surface area contributed by atoms with E-state index in [-0.39, 0.29) is 5.91 Å². The smallest absolute Gasteiger partial charge is 0.278 e. The minimum absolute atomic E-state index is 0.126. The summed E-state index contributed by atoms with van der Waals surface area (Å²) in [5.74, 6) is 0.764. The molecular formula is C18H17N5O2. The van der Waals surface area contributed by atoms with E-state index in [0.717, 1.165) is 18.4 Å². The first-order valence-corrected chi connectivity index (χ1v) is 8.60. The highest BCUT2D eigenvalue weighted by Gasteiger charge is 2.22. The highest BCUT2D eigenvalue weighted by atomic mass is 16.5. The summed E-state index contributed by atoms with van der Waals surface area (Å²) in [6.07, 6.45) is 4.75. The summed E-state index contributed by atoms with van der Waals surface area (Å²) in [5.41, 5.74) is 4.81. The molecular weight excluding hydrogens is 318 g/mol. The van der Waals surface area contributed by atoms with Gasteiger partial charge >= 0.3 is 0 Å². The molecule has 3 heterocycles. The summed E-state index contributed by atoms with van der Waals surface area (Å²) in [4.78, 5) is 16.3. The first-order chi connectivity index (χ1) is 12.3. The Balaban J connectivity index is 1.49. The fourth-order valence-corrected chi connectivity index (χ4v) is 3.56. The van der Waals surface area contributed by atoms with E-state index in [2.05, 4.69) is 32.7 Å². The molecule has 0 saturated heterocycles. The number of carbonyl (C=O) groups is 1. The number of nitrogens with one attached hydrogen (secondary N) is 1. The van der Waals surface area contributed by atoms with E-state index in [4.69, 9.17) is 4.52 Å². The Hall–Kier alpha value is -2.96. The molecule has 0 radical (unpaired) electrons. The maximum absolute atomic E-state index is 11.9. The normalized spacial score (nSPS) is 16.2. The molecule has 5 rings (SSSR count). The van der Waals surface area contributed by atoms with Crippen molar-refractivity contribution in [3.05, 3.63) is 41.1 Å². The molecule has 126 valence electrons. The van der Waals surface area contributed by atoms with E-state index in [9.17, 15) is 4.79 Å². The van der Waals surface area contributed by atoms with Crippen LogP contribution in [0.25, 0.3) is 23.0 Å². The number of nitrogens with zero attached hydrogens (tertiary/aromatic N) is 4. The predicted octanol–water partition coefficient (Wildman–Crippen LogP) is 2.22. The highest BCUT2D eigenvalue weighted by Crippen LogP contribution is 2.27. The third kappa shape index (κ3) is 2.43. The van der Waals surface area contributed by atoms with Gasteiger partial charge < -0.3 is 9.84 Å². The van der Waals surface area contributed by atoms with Crippen LogP contribution in [-0.2, 0) is 19.4 Å². The third-order valence-electron chi connectivity index (χ3n) is 4.87. The van der Waals surface area contributed by atoms with Gasteiger partial charge in [-0.2, -0.15) is 10.1 Å². The molecule has 0 bridgehead atoms. The fraction of sp³-hybridized carbons (Fsp3) is 0.333. The molecule has 0 atom stereocenters. The van der Waals surface area contributed by atoms with Gasteiger partial charge in [0.2, 0.25) is 5.82 Å². The van der Waals surface area contributed by atoms with Gasteiger partial charge in [-0.15, -0.1) is 0 Å². The van der Waals surface area contributed by atoms with Gasteiger partial charge in [0.25, 0.3) is 11.8 Å². The summed E-state index contributed by atoms with van der Waals surface area (Å²) in [6, 6.07) is 8.07. The van der Waals surface area contributed by atoms with Gasteiger partial charge in [0, 0.05) is 18.2 Å². The van der Waals surface area contributed by atoms with Gasteiger partial charge in [-0.3, -0.25) is 9.48 Å². The summed E-state index contributed by atoms with van der Waals surface area (Å²) in [7, 11) is 0. The molecule has 1 aliphatic heterocycles. The van der Waals surface area contributed by atoms with Crippen molar-refractivity contribution in [3.8, 4) is 23.0 Å². The predicted molar refractivity (Wildman–Crippen MR) is 89.9 cm³/mol. The number of aromatic nitrogens is 4. The number of rotatable bonds is 2. The van der Waals surface area contributed by atoms with Gasteiger partial charge in [-0.25, -0.2) is 0 Å². The second-order valence-corrected chi connectivity index (χ2v) is 6.51. The zero-order valence-electron chi connectivity index (χ0n) is 13.7. The van der Waals surface area contributed by atoms with Gasteiger partial charge in [0.15, 0.2) is 5.69 Å². The molecule has 0 saturated carbocycles. The van der Waals surface area contributed by atoms with Crippen molar-refractivity contribution in [1.82, 2.24) is 25.2 Å². The van der Waals surface area contributed by atoms with Crippen LogP contribution < -0.4 is 5.32 Å². The monoisotopic (exact) mass is 335 g/mol. The van der Waals surface area contributed by atoms with E-state index in [1.807, 2.05) is 6.07 Å².